The molecule has 1 aromatic heterocycles. The molecule has 0 saturated carbocycles. The summed E-state index contributed by atoms with van der Waals surface area (Å²) in [6.45, 7) is 7.31. The molecule has 1 saturated heterocycles. The first-order valence-electron chi connectivity index (χ1n) is 10.4. The van der Waals surface area contributed by atoms with Gasteiger partial charge in [-0.15, -0.1) is 0 Å². The van der Waals surface area contributed by atoms with E-state index in [2.05, 4.69) is 50.8 Å². The van der Waals surface area contributed by atoms with Crippen LogP contribution in [0.15, 0.2) is 41.7 Å². The molecule has 1 aliphatic heterocycles. The standard InChI is InChI=1S/C22H33N5O2/c1-4-28-10-11-29-17-19-7-5-6-18(12-19)13-24-22(23-2)27-9-8-20(16-27)21-14-25-26(3)15-21/h5-7,12,14-15,20H,4,8-11,13,16-17H2,1-3H3,(H,23,24). The summed E-state index contributed by atoms with van der Waals surface area (Å²) in [6, 6.07) is 8.49. The second-order valence-corrected chi connectivity index (χ2v) is 7.35. The van der Waals surface area contributed by atoms with Crippen LogP contribution in [0, 0.1) is 0 Å². The summed E-state index contributed by atoms with van der Waals surface area (Å²) < 4.78 is 12.9. The number of ether oxygens (including phenoxy) is 2. The SMILES string of the molecule is CCOCCOCc1cccc(CNC(=NC)N2CCC(c3cnn(C)c3)C2)c1. The van der Waals surface area contributed by atoms with E-state index in [-0.39, 0.29) is 0 Å². The number of aliphatic imine (C=N–C) groups is 1. The number of aryl methyl sites for hydroxylation is 1. The van der Waals surface area contributed by atoms with Crippen molar-refractivity contribution in [1.82, 2.24) is 20.0 Å². The first kappa shape index (κ1) is 21.3. The molecule has 1 fully saturated rings. The summed E-state index contributed by atoms with van der Waals surface area (Å²) >= 11 is 0. The third-order valence-electron chi connectivity index (χ3n) is 5.18. The highest BCUT2D eigenvalue weighted by molar-refractivity contribution is 5.80. The highest BCUT2D eigenvalue weighted by atomic mass is 16.5. The maximum atomic E-state index is 5.68. The molecule has 0 radical (unpaired) electrons. The molecule has 2 aromatic rings. The molecular formula is C22H33N5O2. The van der Waals surface area contributed by atoms with Crippen LogP contribution in [-0.4, -0.2) is 60.6 Å². The molecule has 7 heteroatoms. The van der Waals surface area contributed by atoms with Crippen molar-refractivity contribution in [2.75, 3.05) is 40.0 Å². The van der Waals surface area contributed by atoms with E-state index in [1.807, 2.05) is 31.9 Å². The van der Waals surface area contributed by atoms with Crippen LogP contribution in [0.3, 0.4) is 0 Å². The molecule has 3 rings (SSSR count). The zero-order valence-corrected chi connectivity index (χ0v) is 17.8. The van der Waals surface area contributed by atoms with Crippen LogP contribution in [-0.2, 0) is 29.7 Å². The quantitative estimate of drug-likeness (QED) is 0.399. The van der Waals surface area contributed by atoms with Gasteiger partial charge in [-0.25, -0.2) is 0 Å². The van der Waals surface area contributed by atoms with E-state index in [1.165, 1.54) is 16.7 Å². The van der Waals surface area contributed by atoms with Gasteiger partial charge in [-0.2, -0.15) is 5.10 Å². The van der Waals surface area contributed by atoms with Crippen LogP contribution in [0.4, 0.5) is 0 Å². The normalized spacial score (nSPS) is 17.1. The second-order valence-electron chi connectivity index (χ2n) is 7.35. The van der Waals surface area contributed by atoms with Crippen molar-refractivity contribution in [3.8, 4) is 0 Å². The third kappa shape index (κ3) is 6.30. The number of rotatable bonds is 9. The minimum atomic E-state index is 0.513. The van der Waals surface area contributed by atoms with Crippen molar-refractivity contribution >= 4 is 5.96 Å². The van der Waals surface area contributed by atoms with Crippen molar-refractivity contribution in [3.05, 3.63) is 53.3 Å². The lowest BCUT2D eigenvalue weighted by Gasteiger charge is -2.21. The molecule has 1 unspecified atom stereocenters. The lowest BCUT2D eigenvalue weighted by Crippen LogP contribution is -2.39. The number of hydrogen-bond acceptors (Lipinski definition) is 4. The van der Waals surface area contributed by atoms with E-state index < -0.39 is 0 Å². The molecular weight excluding hydrogens is 366 g/mol. The smallest absolute Gasteiger partial charge is 0.193 e. The van der Waals surface area contributed by atoms with E-state index in [1.54, 1.807) is 0 Å². The Hall–Kier alpha value is -2.38. The van der Waals surface area contributed by atoms with Gasteiger partial charge in [0.15, 0.2) is 5.96 Å². The fourth-order valence-corrected chi connectivity index (χ4v) is 3.67. The van der Waals surface area contributed by atoms with Gasteiger partial charge in [0.1, 0.15) is 0 Å². The first-order valence-corrected chi connectivity index (χ1v) is 10.4. The minimum Gasteiger partial charge on any atom is -0.379 e. The highest BCUT2D eigenvalue weighted by Crippen LogP contribution is 2.26. The highest BCUT2D eigenvalue weighted by Gasteiger charge is 2.26. The average molecular weight is 400 g/mol. The average Bonchev–Trinajstić information content (AvgIpc) is 3.38. The molecule has 158 valence electrons. The summed E-state index contributed by atoms with van der Waals surface area (Å²) in [5, 5.41) is 7.82. The van der Waals surface area contributed by atoms with Gasteiger partial charge in [0, 0.05) is 52.5 Å². The number of aromatic nitrogens is 2. The lowest BCUT2D eigenvalue weighted by atomic mass is 10.0. The monoisotopic (exact) mass is 399 g/mol. The summed E-state index contributed by atoms with van der Waals surface area (Å²) in [6.07, 6.45) is 5.22. The topological polar surface area (TPSA) is 63.9 Å². The Morgan fingerprint density at radius 1 is 1.28 bits per heavy atom. The molecule has 0 amide bonds. The van der Waals surface area contributed by atoms with Crippen molar-refractivity contribution in [2.24, 2.45) is 12.0 Å². The van der Waals surface area contributed by atoms with Crippen LogP contribution >= 0.6 is 0 Å². The molecule has 1 aromatic carbocycles. The number of nitrogens with one attached hydrogen (secondary N) is 1. The van der Waals surface area contributed by atoms with Crippen LogP contribution in [0.25, 0.3) is 0 Å². The van der Waals surface area contributed by atoms with Crippen molar-refractivity contribution < 1.29 is 9.47 Å². The molecule has 1 atom stereocenters. The Morgan fingerprint density at radius 3 is 2.86 bits per heavy atom. The van der Waals surface area contributed by atoms with Gasteiger partial charge in [0.2, 0.25) is 0 Å². The van der Waals surface area contributed by atoms with Gasteiger partial charge < -0.3 is 19.7 Å². The Balaban J connectivity index is 1.47. The molecule has 0 bridgehead atoms. The Labute approximate surface area is 173 Å². The minimum absolute atomic E-state index is 0.513. The van der Waals surface area contributed by atoms with E-state index in [4.69, 9.17) is 9.47 Å². The number of guanidine groups is 1. The van der Waals surface area contributed by atoms with Crippen LogP contribution in [0.2, 0.25) is 0 Å². The molecule has 2 heterocycles. The number of nitrogens with zero attached hydrogens (tertiary/aromatic N) is 4. The zero-order valence-electron chi connectivity index (χ0n) is 17.8. The Bertz CT molecular complexity index is 789. The van der Waals surface area contributed by atoms with E-state index >= 15 is 0 Å². The number of likely N-dealkylation sites (tertiary alicyclic amines) is 1. The van der Waals surface area contributed by atoms with Crippen LogP contribution < -0.4 is 5.32 Å². The van der Waals surface area contributed by atoms with Gasteiger partial charge in [0.25, 0.3) is 0 Å². The van der Waals surface area contributed by atoms with Gasteiger partial charge in [-0.05, 0) is 30.0 Å². The van der Waals surface area contributed by atoms with Gasteiger partial charge in [-0.1, -0.05) is 24.3 Å². The largest absolute Gasteiger partial charge is 0.379 e. The third-order valence-corrected chi connectivity index (χ3v) is 5.18. The molecule has 1 aliphatic rings. The second kappa shape index (κ2) is 11.0. The van der Waals surface area contributed by atoms with E-state index in [0.29, 0.717) is 25.7 Å². The van der Waals surface area contributed by atoms with Crippen molar-refractivity contribution in [1.29, 1.82) is 0 Å². The molecule has 0 aliphatic carbocycles. The molecule has 7 nitrogen and oxygen atoms in total. The summed E-state index contributed by atoms with van der Waals surface area (Å²) in [4.78, 5) is 6.82. The van der Waals surface area contributed by atoms with Gasteiger partial charge in [0.05, 0.1) is 26.0 Å². The van der Waals surface area contributed by atoms with Gasteiger partial charge >= 0.3 is 0 Å². The number of hydrogen-bond donors (Lipinski definition) is 1. The lowest BCUT2D eigenvalue weighted by molar-refractivity contribution is 0.0453. The first-order chi connectivity index (χ1) is 14.2. The Kier molecular flexibility index (Phi) is 8.07. The maximum Gasteiger partial charge on any atom is 0.193 e. The fourth-order valence-electron chi connectivity index (χ4n) is 3.67. The van der Waals surface area contributed by atoms with Crippen LogP contribution in [0.5, 0.6) is 0 Å². The molecule has 0 spiro atoms. The van der Waals surface area contributed by atoms with E-state index in [0.717, 1.165) is 38.6 Å². The van der Waals surface area contributed by atoms with Crippen LogP contribution in [0.1, 0.15) is 36.0 Å². The number of benzene rings is 1. The maximum absolute atomic E-state index is 5.68. The van der Waals surface area contributed by atoms with Gasteiger partial charge in [-0.3, -0.25) is 9.67 Å². The van der Waals surface area contributed by atoms with E-state index in [9.17, 15) is 0 Å². The predicted molar refractivity (Wildman–Crippen MR) is 115 cm³/mol. The predicted octanol–water partition coefficient (Wildman–Crippen LogP) is 2.54. The zero-order chi connectivity index (χ0) is 20.5. The molecule has 1 N–H and O–H groups in total. The Morgan fingerprint density at radius 2 is 2.10 bits per heavy atom. The summed E-state index contributed by atoms with van der Waals surface area (Å²) in [5.41, 5.74) is 3.70. The van der Waals surface area contributed by atoms with Crippen molar-refractivity contribution in [3.63, 3.8) is 0 Å². The fraction of sp³-hybridized carbons (Fsp3) is 0.545. The summed E-state index contributed by atoms with van der Waals surface area (Å²) in [5.74, 6) is 1.47. The molecule has 29 heavy (non-hydrogen) atoms. The van der Waals surface area contributed by atoms with Crippen molar-refractivity contribution in [2.45, 2.75) is 32.4 Å². The summed E-state index contributed by atoms with van der Waals surface area (Å²) in [7, 11) is 3.82.